The van der Waals surface area contributed by atoms with E-state index in [1.54, 1.807) is 0 Å². The Hall–Kier alpha value is -1.48. The molecule has 98 valence electrons. The van der Waals surface area contributed by atoms with Crippen LogP contribution >= 0.6 is 15.9 Å². The summed E-state index contributed by atoms with van der Waals surface area (Å²) >= 11 is 3.62. The highest BCUT2D eigenvalue weighted by Gasteiger charge is 2.16. The minimum Gasteiger partial charge on any atom is -0.491 e. The van der Waals surface area contributed by atoms with E-state index in [2.05, 4.69) is 51.2 Å². The molecule has 0 fully saturated rings. The Labute approximate surface area is 122 Å². The zero-order chi connectivity index (χ0) is 13.1. The average Bonchev–Trinajstić information content (AvgIpc) is 2.64. The van der Waals surface area contributed by atoms with Crippen LogP contribution in [-0.4, -0.2) is 13.2 Å². The van der Waals surface area contributed by atoms with Crippen LogP contribution in [0.4, 0.5) is 5.69 Å². The number of nitrogens with zero attached hydrogens (tertiary/aromatic N) is 1. The highest BCUT2D eigenvalue weighted by molar-refractivity contribution is 9.10. The monoisotopic (exact) mass is 317 g/mol. The lowest BCUT2D eigenvalue weighted by atomic mass is 10.2. The number of benzene rings is 2. The van der Waals surface area contributed by atoms with Gasteiger partial charge in [-0.25, -0.2) is 0 Å². The molecule has 1 aliphatic heterocycles. The van der Waals surface area contributed by atoms with Crippen LogP contribution in [-0.2, 0) is 6.54 Å². The Morgan fingerprint density at radius 1 is 1.05 bits per heavy atom. The van der Waals surface area contributed by atoms with E-state index in [-0.39, 0.29) is 0 Å². The van der Waals surface area contributed by atoms with E-state index < -0.39 is 0 Å². The maximum Gasteiger partial charge on any atom is 0.142 e. The third-order valence-electron chi connectivity index (χ3n) is 3.35. The van der Waals surface area contributed by atoms with Crippen molar-refractivity contribution < 1.29 is 4.74 Å². The molecule has 0 atom stereocenters. The molecule has 3 heteroatoms. The van der Waals surface area contributed by atoms with Gasteiger partial charge in [0.15, 0.2) is 0 Å². The number of fused-ring (bicyclic) bond motifs is 1. The molecule has 19 heavy (non-hydrogen) atoms. The van der Waals surface area contributed by atoms with Gasteiger partial charge in [-0.1, -0.05) is 46.3 Å². The fourth-order valence-electron chi connectivity index (χ4n) is 2.39. The van der Waals surface area contributed by atoms with Crippen molar-refractivity contribution in [3.63, 3.8) is 0 Å². The lowest BCUT2D eigenvalue weighted by Gasteiger charge is -2.24. The van der Waals surface area contributed by atoms with Crippen molar-refractivity contribution in [3.05, 3.63) is 58.6 Å². The summed E-state index contributed by atoms with van der Waals surface area (Å²) in [6, 6.07) is 16.7. The van der Waals surface area contributed by atoms with Gasteiger partial charge in [0.25, 0.3) is 0 Å². The number of hydrogen-bond acceptors (Lipinski definition) is 2. The largest absolute Gasteiger partial charge is 0.491 e. The molecule has 0 radical (unpaired) electrons. The molecule has 2 nitrogen and oxygen atoms in total. The van der Waals surface area contributed by atoms with Crippen molar-refractivity contribution >= 4 is 21.6 Å². The summed E-state index contributed by atoms with van der Waals surface area (Å²) in [5.74, 6) is 0.993. The number of rotatable bonds is 2. The second-order valence-electron chi connectivity index (χ2n) is 4.68. The average molecular weight is 318 g/mol. The summed E-state index contributed by atoms with van der Waals surface area (Å²) in [4.78, 5) is 2.39. The maximum atomic E-state index is 5.79. The maximum absolute atomic E-state index is 5.79. The Morgan fingerprint density at radius 2 is 1.84 bits per heavy atom. The van der Waals surface area contributed by atoms with Gasteiger partial charge in [-0.2, -0.15) is 0 Å². The summed E-state index contributed by atoms with van der Waals surface area (Å²) in [7, 11) is 0. The summed E-state index contributed by atoms with van der Waals surface area (Å²) < 4.78 is 6.96. The molecular formula is C16H16BrNO. The highest BCUT2D eigenvalue weighted by Crippen LogP contribution is 2.32. The van der Waals surface area contributed by atoms with Crippen molar-refractivity contribution in [2.75, 3.05) is 18.1 Å². The highest BCUT2D eigenvalue weighted by atomic mass is 79.9. The van der Waals surface area contributed by atoms with Crippen LogP contribution in [0, 0.1) is 0 Å². The van der Waals surface area contributed by atoms with Crippen molar-refractivity contribution in [3.8, 4) is 5.75 Å². The third kappa shape index (κ3) is 2.76. The fraction of sp³-hybridized carbons (Fsp3) is 0.250. The number of ether oxygens (including phenoxy) is 1. The number of anilines is 1. The van der Waals surface area contributed by atoms with E-state index >= 15 is 0 Å². The normalized spacial score (nSPS) is 14.5. The van der Waals surface area contributed by atoms with Crippen LogP contribution in [0.15, 0.2) is 53.0 Å². The summed E-state index contributed by atoms with van der Waals surface area (Å²) in [5.41, 5.74) is 2.50. The van der Waals surface area contributed by atoms with Crippen LogP contribution in [0.2, 0.25) is 0 Å². The first kappa shape index (κ1) is 12.5. The summed E-state index contributed by atoms with van der Waals surface area (Å²) in [5, 5.41) is 0. The van der Waals surface area contributed by atoms with E-state index in [0.29, 0.717) is 0 Å². The van der Waals surface area contributed by atoms with Crippen LogP contribution in [0.3, 0.4) is 0 Å². The van der Waals surface area contributed by atoms with Crippen molar-refractivity contribution in [2.45, 2.75) is 13.0 Å². The second kappa shape index (κ2) is 5.66. The molecule has 0 saturated carbocycles. The Balaban J connectivity index is 1.91. The van der Waals surface area contributed by atoms with Gasteiger partial charge in [-0.3, -0.25) is 0 Å². The Kier molecular flexibility index (Phi) is 3.74. The first-order valence-electron chi connectivity index (χ1n) is 6.55. The fourth-order valence-corrected chi connectivity index (χ4v) is 2.81. The molecule has 0 spiro atoms. The topological polar surface area (TPSA) is 12.5 Å². The molecule has 2 aromatic carbocycles. The van der Waals surface area contributed by atoms with Gasteiger partial charge in [0.2, 0.25) is 0 Å². The van der Waals surface area contributed by atoms with Gasteiger partial charge in [0, 0.05) is 17.6 Å². The minimum atomic E-state index is 0.795. The molecule has 1 aliphatic rings. The molecule has 0 saturated heterocycles. The summed E-state index contributed by atoms with van der Waals surface area (Å²) in [6.45, 7) is 2.73. The van der Waals surface area contributed by atoms with Gasteiger partial charge < -0.3 is 9.64 Å². The van der Waals surface area contributed by atoms with Crippen molar-refractivity contribution in [1.29, 1.82) is 0 Å². The van der Waals surface area contributed by atoms with E-state index in [9.17, 15) is 0 Å². The SMILES string of the molecule is Brc1ccccc1CN1CCCOc2ccccc21. The molecular weight excluding hydrogens is 302 g/mol. The van der Waals surface area contributed by atoms with Crippen LogP contribution in [0.25, 0.3) is 0 Å². The van der Waals surface area contributed by atoms with Crippen molar-refractivity contribution in [2.24, 2.45) is 0 Å². The molecule has 0 unspecified atom stereocenters. The van der Waals surface area contributed by atoms with E-state index in [4.69, 9.17) is 4.74 Å². The van der Waals surface area contributed by atoms with Gasteiger partial charge in [-0.15, -0.1) is 0 Å². The first-order chi connectivity index (χ1) is 9.34. The quantitative estimate of drug-likeness (QED) is 0.821. The third-order valence-corrected chi connectivity index (χ3v) is 4.13. The van der Waals surface area contributed by atoms with E-state index in [1.165, 1.54) is 11.3 Å². The molecule has 3 rings (SSSR count). The molecule has 0 aromatic heterocycles. The lowest BCUT2D eigenvalue weighted by Crippen LogP contribution is -2.23. The predicted molar refractivity (Wildman–Crippen MR) is 81.7 cm³/mol. The second-order valence-corrected chi connectivity index (χ2v) is 5.54. The van der Waals surface area contributed by atoms with Crippen LogP contribution in [0.1, 0.15) is 12.0 Å². The van der Waals surface area contributed by atoms with Crippen LogP contribution < -0.4 is 9.64 Å². The van der Waals surface area contributed by atoms with Crippen LogP contribution in [0.5, 0.6) is 5.75 Å². The minimum absolute atomic E-state index is 0.795. The van der Waals surface area contributed by atoms with E-state index in [0.717, 1.165) is 36.3 Å². The molecule has 0 N–H and O–H groups in total. The Morgan fingerprint density at radius 3 is 2.74 bits per heavy atom. The Bertz CT molecular complexity index is 570. The predicted octanol–water partition coefficient (Wildman–Crippen LogP) is 4.24. The van der Waals surface area contributed by atoms with Gasteiger partial charge in [-0.05, 0) is 30.2 Å². The van der Waals surface area contributed by atoms with Gasteiger partial charge in [0.1, 0.15) is 5.75 Å². The standard InChI is InChI=1S/C16H16BrNO/c17-14-7-2-1-6-13(14)12-18-10-5-11-19-16-9-4-3-8-15(16)18/h1-4,6-9H,5,10-12H2. The number of hydrogen-bond donors (Lipinski definition) is 0. The van der Waals surface area contributed by atoms with Gasteiger partial charge in [0.05, 0.1) is 12.3 Å². The molecule has 1 heterocycles. The smallest absolute Gasteiger partial charge is 0.142 e. The molecule has 0 amide bonds. The molecule has 0 bridgehead atoms. The van der Waals surface area contributed by atoms with Crippen molar-refractivity contribution in [1.82, 2.24) is 0 Å². The lowest BCUT2D eigenvalue weighted by molar-refractivity contribution is 0.322. The number of para-hydroxylation sites is 2. The first-order valence-corrected chi connectivity index (χ1v) is 7.34. The van der Waals surface area contributed by atoms with Gasteiger partial charge >= 0.3 is 0 Å². The zero-order valence-corrected chi connectivity index (χ0v) is 12.3. The summed E-state index contributed by atoms with van der Waals surface area (Å²) in [6.07, 6.45) is 1.05. The molecule has 0 aliphatic carbocycles. The molecule has 2 aromatic rings. The number of halogens is 1. The zero-order valence-electron chi connectivity index (χ0n) is 10.7. The van der Waals surface area contributed by atoms with E-state index in [1.807, 2.05) is 18.2 Å².